The molecule has 4 nitrogen and oxygen atoms in total. The van der Waals surface area contributed by atoms with E-state index >= 15 is 0 Å². The molecule has 1 aromatic heterocycles. The number of nitrogens with zero attached hydrogens (tertiary/aromatic N) is 2. The molecule has 1 rings (SSSR count). The Morgan fingerprint density at radius 3 is 2.80 bits per heavy atom. The zero-order chi connectivity index (χ0) is 11.4. The summed E-state index contributed by atoms with van der Waals surface area (Å²) in [6.07, 6.45) is 2.46. The van der Waals surface area contributed by atoms with E-state index in [9.17, 15) is 4.79 Å². The minimum absolute atomic E-state index is 0.147. The molecule has 0 amide bonds. The second kappa shape index (κ2) is 4.96. The molecular formula is C11H18N2O2. The Morgan fingerprint density at radius 1 is 1.60 bits per heavy atom. The van der Waals surface area contributed by atoms with Crippen molar-refractivity contribution in [1.29, 1.82) is 0 Å². The molecule has 0 aliphatic carbocycles. The highest BCUT2D eigenvalue weighted by Crippen LogP contribution is 2.10. The van der Waals surface area contributed by atoms with Crippen molar-refractivity contribution in [2.75, 3.05) is 0 Å². The van der Waals surface area contributed by atoms with Gasteiger partial charge in [0.1, 0.15) is 5.82 Å². The van der Waals surface area contributed by atoms with Crippen molar-refractivity contribution in [3.8, 4) is 0 Å². The molecule has 0 aliphatic heterocycles. The number of rotatable bonds is 5. The number of aryl methyl sites for hydroxylation is 2. The van der Waals surface area contributed by atoms with Gasteiger partial charge in [-0.2, -0.15) is 0 Å². The monoisotopic (exact) mass is 210 g/mol. The number of carbonyl (C=O) groups is 1. The predicted octanol–water partition coefficient (Wildman–Crippen LogP) is 1.86. The number of imidazole rings is 1. The molecule has 1 N–H and O–H groups in total. The highest BCUT2D eigenvalue weighted by molar-refractivity contribution is 5.66. The molecule has 0 spiro atoms. The van der Waals surface area contributed by atoms with Gasteiger partial charge in [-0.3, -0.25) is 4.79 Å². The van der Waals surface area contributed by atoms with Gasteiger partial charge in [0, 0.05) is 24.9 Å². The summed E-state index contributed by atoms with van der Waals surface area (Å²) in [5.41, 5.74) is 1.10. The molecule has 0 atom stereocenters. The highest BCUT2D eigenvalue weighted by Gasteiger charge is 2.09. The summed E-state index contributed by atoms with van der Waals surface area (Å²) in [5, 5.41) is 8.62. The average molecular weight is 210 g/mol. The highest BCUT2D eigenvalue weighted by atomic mass is 16.4. The van der Waals surface area contributed by atoms with Gasteiger partial charge in [0.05, 0.1) is 6.42 Å². The van der Waals surface area contributed by atoms with Gasteiger partial charge in [-0.05, 0) is 12.8 Å². The van der Waals surface area contributed by atoms with Crippen LogP contribution < -0.4 is 0 Å². The fourth-order valence-electron chi connectivity index (χ4n) is 1.54. The minimum Gasteiger partial charge on any atom is -0.481 e. The summed E-state index contributed by atoms with van der Waals surface area (Å²) >= 11 is 0. The molecular weight excluding hydrogens is 192 g/mol. The molecule has 4 heteroatoms. The first kappa shape index (κ1) is 11.8. The summed E-state index contributed by atoms with van der Waals surface area (Å²) in [7, 11) is 0. The van der Waals surface area contributed by atoms with Crippen LogP contribution in [-0.2, 0) is 17.8 Å². The lowest BCUT2D eigenvalue weighted by molar-refractivity contribution is -0.137. The zero-order valence-electron chi connectivity index (χ0n) is 9.53. The molecule has 1 heterocycles. The van der Waals surface area contributed by atoms with Gasteiger partial charge in [0.15, 0.2) is 0 Å². The molecule has 0 fully saturated rings. The Labute approximate surface area is 89.9 Å². The summed E-state index contributed by atoms with van der Waals surface area (Å²) < 4.78 is 2.10. The van der Waals surface area contributed by atoms with E-state index in [0.29, 0.717) is 12.3 Å². The lowest BCUT2D eigenvalue weighted by atomic mass is 10.2. The maximum Gasteiger partial charge on any atom is 0.303 e. The molecule has 15 heavy (non-hydrogen) atoms. The van der Waals surface area contributed by atoms with Crippen molar-refractivity contribution >= 4 is 5.97 Å². The standard InChI is InChI=1S/C11H18N2O2/c1-8(2)7-13-9(3)6-12-10(13)4-5-11(14)15/h6,8H,4-5,7H2,1-3H3,(H,14,15). The molecule has 0 saturated carbocycles. The number of carboxylic acid groups (broad SMARTS) is 1. The summed E-state index contributed by atoms with van der Waals surface area (Å²) in [4.78, 5) is 14.7. The van der Waals surface area contributed by atoms with Crippen LogP contribution in [-0.4, -0.2) is 20.6 Å². The molecule has 1 aromatic rings. The molecule has 0 unspecified atom stereocenters. The van der Waals surface area contributed by atoms with Gasteiger partial charge < -0.3 is 9.67 Å². The topological polar surface area (TPSA) is 55.1 Å². The van der Waals surface area contributed by atoms with Crippen LogP contribution in [0.5, 0.6) is 0 Å². The number of aliphatic carboxylic acids is 1. The Bertz CT molecular complexity index is 342. The molecule has 0 bridgehead atoms. The SMILES string of the molecule is Cc1cnc(CCC(=O)O)n1CC(C)C. The van der Waals surface area contributed by atoms with Crippen LogP contribution in [0.2, 0.25) is 0 Å². The summed E-state index contributed by atoms with van der Waals surface area (Å²) in [6, 6.07) is 0. The number of hydrogen-bond donors (Lipinski definition) is 1. The Hall–Kier alpha value is -1.32. The van der Waals surface area contributed by atoms with E-state index in [4.69, 9.17) is 5.11 Å². The van der Waals surface area contributed by atoms with E-state index in [-0.39, 0.29) is 6.42 Å². The van der Waals surface area contributed by atoms with Gasteiger partial charge in [0.2, 0.25) is 0 Å². The third-order valence-electron chi connectivity index (χ3n) is 2.25. The van der Waals surface area contributed by atoms with E-state index < -0.39 is 5.97 Å². The van der Waals surface area contributed by atoms with Crippen LogP contribution in [0.3, 0.4) is 0 Å². The lowest BCUT2D eigenvalue weighted by Gasteiger charge is -2.11. The first-order valence-corrected chi connectivity index (χ1v) is 5.23. The van der Waals surface area contributed by atoms with Crippen molar-refractivity contribution in [1.82, 2.24) is 9.55 Å². The largest absolute Gasteiger partial charge is 0.481 e. The third-order valence-corrected chi connectivity index (χ3v) is 2.25. The Balaban J connectivity index is 2.74. The van der Waals surface area contributed by atoms with Crippen LogP contribution in [0.25, 0.3) is 0 Å². The maximum absolute atomic E-state index is 10.5. The molecule has 0 aromatic carbocycles. The smallest absolute Gasteiger partial charge is 0.303 e. The van der Waals surface area contributed by atoms with Crippen molar-refractivity contribution in [2.45, 2.75) is 40.2 Å². The first-order chi connectivity index (χ1) is 7.00. The predicted molar refractivity (Wildman–Crippen MR) is 57.8 cm³/mol. The third kappa shape index (κ3) is 3.38. The van der Waals surface area contributed by atoms with Crippen LogP contribution in [0, 0.1) is 12.8 Å². The molecule has 0 saturated heterocycles. The van der Waals surface area contributed by atoms with Gasteiger partial charge in [-0.25, -0.2) is 4.98 Å². The summed E-state index contributed by atoms with van der Waals surface area (Å²) in [5.74, 6) is 0.650. The number of carboxylic acids is 1. The van der Waals surface area contributed by atoms with Crippen LogP contribution >= 0.6 is 0 Å². The van der Waals surface area contributed by atoms with Crippen molar-refractivity contribution < 1.29 is 9.90 Å². The normalized spacial score (nSPS) is 10.9. The van der Waals surface area contributed by atoms with Crippen molar-refractivity contribution in [2.24, 2.45) is 5.92 Å². The lowest BCUT2D eigenvalue weighted by Crippen LogP contribution is -2.11. The van der Waals surface area contributed by atoms with Crippen molar-refractivity contribution in [3.63, 3.8) is 0 Å². The van der Waals surface area contributed by atoms with Gasteiger partial charge in [0.25, 0.3) is 0 Å². The average Bonchev–Trinajstić information content (AvgIpc) is 2.44. The quantitative estimate of drug-likeness (QED) is 0.807. The summed E-state index contributed by atoms with van der Waals surface area (Å²) in [6.45, 7) is 7.18. The van der Waals surface area contributed by atoms with Crippen LogP contribution in [0.15, 0.2) is 6.20 Å². The van der Waals surface area contributed by atoms with E-state index in [1.807, 2.05) is 6.92 Å². The number of aromatic nitrogens is 2. The second-order valence-corrected chi connectivity index (χ2v) is 4.21. The molecule has 0 radical (unpaired) electrons. The van der Waals surface area contributed by atoms with E-state index in [0.717, 1.165) is 18.1 Å². The van der Waals surface area contributed by atoms with E-state index in [1.165, 1.54) is 0 Å². The van der Waals surface area contributed by atoms with E-state index in [2.05, 4.69) is 23.4 Å². The Morgan fingerprint density at radius 2 is 2.27 bits per heavy atom. The van der Waals surface area contributed by atoms with Crippen LogP contribution in [0.1, 0.15) is 31.8 Å². The second-order valence-electron chi connectivity index (χ2n) is 4.21. The fourth-order valence-corrected chi connectivity index (χ4v) is 1.54. The van der Waals surface area contributed by atoms with Gasteiger partial charge in [-0.15, -0.1) is 0 Å². The first-order valence-electron chi connectivity index (χ1n) is 5.23. The Kier molecular flexibility index (Phi) is 3.88. The fraction of sp³-hybridized carbons (Fsp3) is 0.636. The van der Waals surface area contributed by atoms with E-state index in [1.54, 1.807) is 6.20 Å². The molecule has 84 valence electrons. The zero-order valence-corrected chi connectivity index (χ0v) is 9.53. The van der Waals surface area contributed by atoms with Crippen molar-refractivity contribution in [3.05, 3.63) is 17.7 Å². The van der Waals surface area contributed by atoms with Gasteiger partial charge >= 0.3 is 5.97 Å². The minimum atomic E-state index is -0.772. The molecule has 0 aliphatic rings. The van der Waals surface area contributed by atoms with Gasteiger partial charge in [-0.1, -0.05) is 13.8 Å². The number of hydrogen-bond acceptors (Lipinski definition) is 2. The maximum atomic E-state index is 10.5. The van der Waals surface area contributed by atoms with Crippen LogP contribution in [0.4, 0.5) is 0 Å².